The molecule has 0 aromatic carbocycles. The molecule has 2 aromatic heterocycles. The highest BCUT2D eigenvalue weighted by Gasteiger charge is 2.42. The van der Waals surface area contributed by atoms with Crippen molar-refractivity contribution in [3.63, 3.8) is 0 Å². The highest BCUT2D eigenvalue weighted by atomic mass is 32.1. The number of thiazole rings is 1. The summed E-state index contributed by atoms with van der Waals surface area (Å²) in [5.41, 5.74) is 1.53. The normalized spacial score (nSPS) is 25.3. The minimum Gasteiger partial charge on any atom is -0.340 e. The monoisotopic (exact) mass is 329 g/mol. The van der Waals surface area contributed by atoms with Crippen LogP contribution < -0.4 is 4.90 Å². The van der Waals surface area contributed by atoms with Gasteiger partial charge in [0.2, 0.25) is 5.95 Å². The van der Waals surface area contributed by atoms with Gasteiger partial charge >= 0.3 is 0 Å². The summed E-state index contributed by atoms with van der Waals surface area (Å²) < 4.78 is 0. The Morgan fingerprint density at radius 3 is 2.78 bits per heavy atom. The summed E-state index contributed by atoms with van der Waals surface area (Å²) in [5, 5.41) is 3.31. The van der Waals surface area contributed by atoms with Crippen molar-refractivity contribution in [1.82, 2.24) is 19.9 Å². The van der Waals surface area contributed by atoms with Gasteiger partial charge in [0, 0.05) is 49.0 Å². The maximum atomic E-state index is 4.51. The molecule has 0 unspecified atom stereocenters. The molecule has 2 aliphatic heterocycles. The van der Waals surface area contributed by atoms with Crippen LogP contribution in [0.5, 0.6) is 0 Å². The van der Waals surface area contributed by atoms with E-state index in [1.807, 2.05) is 25.5 Å². The summed E-state index contributed by atoms with van der Waals surface area (Å²) in [6, 6.07) is 0. The number of nitrogens with zero attached hydrogens (tertiary/aromatic N) is 5. The average Bonchev–Trinajstić information content (AvgIpc) is 3.19. The lowest BCUT2D eigenvalue weighted by Crippen LogP contribution is -2.44. The number of rotatable bonds is 3. The van der Waals surface area contributed by atoms with Gasteiger partial charge in [-0.1, -0.05) is 0 Å². The van der Waals surface area contributed by atoms with Crippen LogP contribution in [0.4, 0.5) is 5.95 Å². The molecule has 6 heteroatoms. The van der Waals surface area contributed by atoms with Crippen LogP contribution in [-0.2, 0) is 6.54 Å². The van der Waals surface area contributed by atoms with E-state index in [0.717, 1.165) is 31.1 Å². The molecule has 0 amide bonds. The highest BCUT2D eigenvalue weighted by Crippen LogP contribution is 2.40. The fourth-order valence-electron chi connectivity index (χ4n) is 3.96. The van der Waals surface area contributed by atoms with Crippen LogP contribution in [0.2, 0.25) is 0 Å². The first-order chi connectivity index (χ1) is 11.2. The fourth-order valence-corrected chi connectivity index (χ4v) is 4.61. The van der Waals surface area contributed by atoms with E-state index in [9.17, 15) is 0 Å². The van der Waals surface area contributed by atoms with Crippen molar-refractivity contribution >= 4 is 17.3 Å². The standard InChI is InChI=1S/C17H23N5S/c1-14-9-19-16(20-10-14)22-7-4-17(13-22)3-2-6-21(12-17)11-15-18-5-8-23-15/h5,8-10H,2-4,6-7,11-13H2,1H3/t17-/m0/s1. The van der Waals surface area contributed by atoms with Gasteiger partial charge in [-0.2, -0.15) is 0 Å². The number of hydrogen-bond donors (Lipinski definition) is 0. The Morgan fingerprint density at radius 1 is 1.13 bits per heavy atom. The van der Waals surface area contributed by atoms with Gasteiger partial charge in [-0.25, -0.2) is 15.0 Å². The number of likely N-dealkylation sites (tertiary alicyclic amines) is 1. The second-order valence-electron chi connectivity index (χ2n) is 6.97. The van der Waals surface area contributed by atoms with Gasteiger partial charge in [-0.15, -0.1) is 11.3 Å². The molecule has 2 aliphatic rings. The van der Waals surface area contributed by atoms with Gasteiger partial charge in [0.25, 0.3) is 0 Å². The van der Waals surface area contributed by atoms with E-state index < -0.39 is 0 Å². The van der Waals surface area contributed by atoms with Crippen LogP contribution in [0.1, 0.15) is 29.8 Å². The zero-order valence-corrected chi connectivity index (χ0v) is 14.4. The third-order valence-electron chi connectivity index (χ3n) is 5.07. The number of hydrogen-bond acceptors (Lipinski definition) is 6. The maximum Gasteiger partial charge on any atom is 0.225 e. The number of piperidine rings is 1. The number of aromatic nitrogens is 3. The molecular weight excluding hydrogens is 306 g/mol. The summed E-state index contributed by atoms with van der Waals surface area (Å²) in [6.07, 6.45) is 9.61. The second kappa shape index (κ2) is 6.17. The highest BCUT2D eigenvalue weighted by molar-refractivity contribution is 7.09. The Kier molecular flexibility index (Phi) is 4.03. The molecular formula is C17H23N5S. The Labute approximate surface area is 141 Å². The van der Waals surface area contributed by atoms with Crippen LogP contribution in [0.15, 0.2) is 24.0 Å². The van der Waals surface area contributed by atoms with E-state index in [2.05, 4.69) is 30.1 Å². The first-order valence-corrected chi connectivity index (χ1v) is 9.25. The molecule has 2 aromatic rings. The average molecular weight is 329 g/mol. The molecule has 4 rings (SSSR count). The Hall–Kier alpha value is -1.53. The maximum absolute atomic E-state index is 4.51. The van der Waals surface area contributed by atoms with Crippen molar-refractivity contribution in [3.8, 4) is 0 Å². The largest absolute Gasteiger partial charge is 0.340 e. The SMILES string of the molecule is Cc1cnc(N2CC[C@]3(CCCN(Cc4nccs4)C3)C2)nc1. The van der Waals surface area contributed by atoms with Crippen LogP contribution in [0.25, 0.3) is 0 Å². The predicted molar refractivity (Wildman–Crippen MR) is 92.7 cm³/mol. The number of anilines is 1. The first kappa shape index (κ1) is 15.0. The van der Waals surface area contributed by atoms with Crippen molar-refractivity contribution in [2.24, 2.45) is 5.41 Å². The van der Waals surface area contributed by atoms with Crippen molar-refractivity contribution in [2.45, 2.75) is 32.7 Å². The molecule has 0 N–H and O–H groups in total. The molecule has 1 atom stereocenters. The van der Waals surface area contributed by atoms with Crippen LogP contribution in [0.3, 0.4) is 0 Å². The zero-order valence-electron chi connectivity index (χ0n) is 13.6. The van der Waals surface area contributed by atoms with E-state index in [4.69, 9.17) is 0 Å². The van der Waals surface area contributed by atoms with Gasteiger partial charge in [-0.3, -0.25) is 4.90 Å². The molecule has 2 fully saturated rings. The molecule has 0 radical (unpaired) electrons. The van der Waals surface area contributed by atoms with Gasteiger partial charge in [0.1, 0.15) is 5.01 Å². The van der Waals surface area contributed by atoms with Gasteiger partial charge in [-0.05, 0) is 38.3 Å². The van der Waals surface area contributed by atoms with Crippen LogP contribution in [0, 0.1) is 12.3 Å². The van der Waals surface area contributed by atoms with Gasteiger partial charge < -0.3 is 4.90 Å². The topological polar surface area (TPSA) is 45.2 Å². The summed E-state index contributed by atoms with van der Waals surface area (Å²) in [5.74, 6) is 0.893. The smallest absolute Gasteiger partial charge is 0.225 e. The van der Waals surface area contributed by atoms with Crippen molar-refractivity contribution in [1.29, 1.82) is 0 Å². The summed E-state index contributed by atoms with van der Waals surface area (Å²) in [7, 11) is 0. The Morgan fingerprint density at radius 2 is 2.00 bits per heavy atom. The molecule has 0 aliphatic carbocycles. The molecule has 0 bridgehead atoms. The molecule has 0 saturated carbocycles. The van der Waals surface area contributed by atoms with Gasteiger partial charge in [0.15, 0.2) is 0 Å². The van der Waals surface area contributed by atoms with Crippen LogP contribution >= 0.6 is 11.3 Å². The Balaban J connectivity index is 1.43. The third-order valence-corrected chi connectivity index (χ3v) is 5.84. The summed E-state index contributed by atoms with van der Waals surface area (Å²) >= 11 is 1.76. The molecule has 4 heterocycles. The second-order valence-corrected chi connectivity index (χ2v) is 7.95. The molecule has 23 heavy (non-hydrogen) atoms. The van der Waals surface area contributed by atoms with E-state index in [0.29, 0.717) is 5.41 Å². The first-order valence-electron chi connectivity index (χ1n) is 8.37. The Bertz CT molecular complexity index is 642. The van der Waals surface area contributed by atoms with Crippen molar-refractivity contribution in [2.75, 3.05) is 31.1 Å². The van der Waals surface area contributed by atoms with Crippen molar-refractivity contribution in [3.05, 3.63) is 34.5 Å². The van der Waals surface area contributed by atoms with Crippen LogP contribution in [-0.4, -0.2) is 46.0 Å². The lowest BCUT2D eigenvalue weighted by Gasteiger charge is -2.40. The molecule has 5 nitrogen and oxygen atoms in total. The predicted octanol–water partition coefficient (Wildman–Crippen LogP) is 2.73. The summed E-state index contributed by atoms with van der Waals surface area (Å²) in [4.78, 5) is 18.4. The quantitative estimate of drug-likeness (QED) is 0.866. The van der Waals surface area contributed by atoms with Gasteiger partial charge in [0.05, 0.1) is 6.54 Å². The minimum absolute atomic E-state index is 0.407. The molecule has 2 saturated heterocycles. The number of aryl methyl sites for hydroxylation is 1. The van der Waals surface area contributed by atoms with E-state index in [-0.39, 0.29) is 0 Å². The lowest BCUT2D eigenvalue weighted by molar-refractivity contribution is 0.0990. The van der Waals surface area contributed by atoms with E-state index in [1.165, 1.54) is 37.4 Å². The zero-order chi connectivity index (χ0) is 15.7. The third kappa shape index (κ3) is 3.23. The lowest BCUT2D eigenvalue weighted by atomic mass is 9.79. The van der Waals surface area contributed by atoms with Crippen molar-refractivity contribution < 1.29 is 0 Å². The fraction of sp³-hybridized carbons (Fsp3) is 0.588. The molecule has 122 valence electrons. The van der Waals surface area contributed by atoms with E-state index >= 15 is 0 Å². The summed E-state index contributed by atoms with van der Waals surface area (Å²) in [6.45, 7) is 7.57. The minimum atomic E-state index is 0.407. The van der Waals surface area contributed by atoms with E-state index in [1.54, 1.807) is 11.3 Å². The molecule has 1 spiro atoms.